The number of amides is 1. The first-order valence-electron chi connectivity index (χ1n) is 10.4. The molecule has 2 aromatic rings. The molecule has 0 saturated carbocycles. The fraction of sp³-hybridized carbons (Fsp3) is 0.458. The van der Waals surface area contributed by atoms with E-state index in [0.29, 0.717) is 18.4 Å². The highest BCUT2D eigenvalue weighted by molar-refractivity contribution is 5.74. The first kappa shape index (κ1) is 19.9. The lowest BCUT2D eigenvalue weighted by Crippen LogP contribution is -2.34. The average molecular weight is 395 g/mol. The van der Waals surface area contributed by atoms with Crippen molar-refractivity contribution in [1.82, 2.24) is 9.80 Å². The predicted octanol–water partition coefficient (Wildman–Crippen LogP) is 3.02. The van der Waals surface area contributed by atoms with Gasteiger partial charge in [0, 0.05) is 44.6 Å². The number of fused-ring (bicyclic) bond motifs is 1. The summed E-state index contributed by atoms with van der Waals surface area (Å²) in [5, 5.41) is 9.07. The maximum absolute atomic E-state index is 12.4. The Morgan fingerprint density at radius 2 is 1.86 bits per heavy atom. The van der Waals surface area contributed by atoms with Crippen LogP contribution in [0.2, 0.25) is 0 Å². The number of nitrogens with zero attached hydrogens (tertiary/aromatic N) is 2. The molecule has 1 amide bonds. The monoisotopic (exact) mass is 394 g/mol. The molecule has 5 nitrogen and oxygen atoms in total. The lowest BCUT2D eigenvalue weighted by Gasteiger charge is -2.30. The van der Waals surface area contributed by atoms with Gasteiger partial charge in [-0.15, -0.1) is 0 Å². The fourth-order valence-electron chi connectivity index (χ4n) is 5.08. The van der Waals surface area contributed by atoms with E-state index in [1.165, 1.54) is 11.1 Å². The summed E-state index contributed by atoms with van der Waals surface area (Å²) in [4.78, 5) is 16.9. The van der Waals surface area contributed by atoms with Crippen LogP contribution in [0.25, 0.3) is 0 Å². The Morgan fingerprint density at radius 1 is 1.10 bits per heavy atom. The van der Waals surface area contributed by atoms with Crippen molar-refractivity contribution >= 4 is 5.91 Å². The summed E-state index contributed by atoms with van der Waals surface area (Å²) in [5.41, 5.74) is 3.69. The minimum absolute atomic E-state index is 0.0151. The van der Waals surface area contributed by atoms with Crippen molar-refractivity contribution < 1.29 is 14.6 Å². The van der Waals surface area contributed by atoms with Gasteiger partial charge in [-0.05, 0) is 30.0 Å². The molecule has 2 aliphatic heterocycles. The number of hydrogen-bond donors (Lipinski definition) is 1. The van der Waals surface area contributed by atoms with E-state index in [9.17, 15) is 4.79 Å². The maximum atomic E-state index is 12.4. The molecule has 0 aliphatic carbocycles. The summed E-state index contributed by atoms with van der Waals surface area (Å²) < 4.78 is 5.72. The Balaban J connectivity index is 1.53. The molecular formula is C24H30N2O3. The summed E-state index contributed by atoms with van der Waals surface area (Å²) >= 11 is 0. The van der Waals surface area contributed by atoms with Gasteiger partial charge in [-0.3, -0.25) is 9.69 Å². The first-order valence-corrected chi connectivity index (χ1v) is 10.4. The zero-order chi connectivity index (χ0) is 20.4. The summed E-state index contributed by atoms with van der Waals surface area (Å²) in [6.07, 6.45) is 0. The third-order valence-corrected chi connectivity index (χ3v) is 6.37. The van der Waals surface area contributed by atoms with Crippen LogP contribution in [-0.2, 0) is 11.3 Å². The van der Waals surface area contributed by atoms with E-state index in [2.05, 4.69) is 47.1 Å². The first-order chi connectivity index (χ1) is 14.1. The molecule has 2 aromatic carbocycles. The number of carbonyl (C=O) groups excluding carboxylic acids is 1. The minimum atomic E-state index is 0.0151. The van der Waals surface area contributed by atoms with Crippen molar-refractivity contribution in [3.05, 3.63) is 65.2 Å². The molecule has 1 N–H and O–H groups in total. The van der Waals surface area contributed by atoms with Gasteiger partial charge < -0.3 is 14.7 Å². The maximum Gasteiger partial charge on any atom is 0.219 e. The normalized spacial score (nSPS) is 24.0. The zero-order valence-corrected chi connectivity index (χ0v) is 17.3. The van der Waals surface area contributed by atoms with E-state index < -0.39 is 0 Å². The third-order valence-electron chi connectivity index (χ3n) is 6.37. The standard InChI is InChI=1S/C24H30N2O3/c1-17-7-3-5-9-21(17)24-22-16-25(14-20(22)15-26(24)18(2)28)13-19-8-4-6-10-23(19)29-12-11-27/h3-10,20,22,24,27H,11-16H2,1-2H3/t20-,22-,24+/m1/s1. The molecular weight excluding hydrogens is 364 g/mol. The van der Waals surface area contributed by atoms with Crippen molar-refractivity contribution in [2.75, 3.05) is 32.8 Å². The van der Waals surface area contributed by atoms with E-state index in [1.54, 1.807) is 6.92 Å². The van der Waals surface area contributed by atoms with Crippen LogP contribution in [-0.4, -0.2) is 53.7 Å². The Morgan fingerprint density at radius 3 is 2.62 bits per heavy atom. The van der Waals surface area contributed by atoms with Crippen LogP contribution < -0.4 is 4.74 Å². The summed E-state index contributed by atoms with van der Waals surface area (Å²) in [6, 6.07) is 16.7. The fourth-order valence-corrected chi connectivity index (χ4v) is 5.08. The smallest absolute Gasteiger partial charge is 0.219 e. The van der Waals surface area contributed by atoms with Gasteiger partial charge in [0.2, 0.25) is 5.91 Å². The topological polar surface area (TPSA) is 53.0 Å². The molecule has 2 fully saturated rings. The van der Waals surface area contributed by atoms with E-state index in [4.69, 9.17) is 9.84 Å². The van der Waals surface area contributed by atoms with Gasteiger partial charge in [0.25, 0.3) is 0 Å². The molecule has 2 heterocycles. The van der Waals surface area contributed by atoms with Crippen molar-refractivity contribution in [2.24, 2.45) is 11.8 Å². The highest BCUT2D eigenvalue weighted by Gasteiger charge is 2.48. The molecule has 0 bridgehead atoms. The molecule has 154 valence electrons. The van der Waals surface area contributed by atoms with E-state index in [0.717, 1.165) is 37.5 Å². The van der Waals surface area contributed by atoms with Crippen molar-refractivity contribution in [3.63, 3.8) is 0 Å². The van der Waals surface area contributed by atoms with Gasteiger partial charge >= 0.3 is 0 Å². The Labute approximate surface area is 172 Å². The second-order valence-electron chi connectivity index (χ2n) is 8.27. The molecule has 0 aromatic heterocycles. The summed E-state index contributed by atoms with van der Waals surface area (Å²) in [6.45, 7) is 7.79. The summed E-state index contributed by atoms with van der Waals surface area (Å²) in [5.74, 6) is 1.96. The molecule has 3 atom stereocenters. The Kier molecular flexibility index (Phi) is 5.88. The third kappa shape index (κ3) is 4.02. The Bertz CT molecular complexity index is 869. The zero-order valence-electron chi connectivity index (χ0n) is 17.3. The lowest BCUT2D eigenvalue weighted by atomic mass is 9.87. The molecule has 0 spiro atoms. The van der Waals surface area contributed by atoms with Gasteiger partial charge in [-0.1, -0.05) is 42.5 Å². The number of likely N-dealkylation sites (tertiary alicyclic amines) is 2. The summed E-state index contributed by atoms with van der Waals surface area (Å²) in [7, 11) is 0. The Hall–Kier alpha value is -2.37. The van der Waals surface area contributed by atoms with Crippen molar-refractivity contribution in [3.8, 4) is 5.75 Å². The molecule has 2 saturated heterocycles. The van der Waals surface area contributed by atoms with E-state index >= 15 is 0 Å². The van der Waals surface area contributed by atoms with E-state index in [1.807, 2.05) is 18.2 Å². The molecule has 5 heteroatoms. The lowest BCUT2D eigenvalue weighted by molar-refractivity contribution is -0.130. The molecule has 4 rings (SSSR count). The number of hydrogen-bond acceptors (Lipinski definition) is 4. The van der Waals surface area contributed by atoms with Crippen LogP contribution in [0, 0.1) is 18.8 Å². The number of carbonyl (C=O) groups is 1. The number of benzene rings is 2. The average Bonchev–Trinajstić information content (AvgIpc) is 3.25. The second kappa shape index (κ2) is 8.56. The molecule has 2 aliphatic rings. The van der Waals surface area contributed by atoms with Crippen molar-refractivity contribution in [2.45, 2.75) is 26.4 Å². The van der Waals surface area contributed by atoms with Crippen molar-refractivity contribution in [1.29, 1.82) is 0 Å². The van der Waals surface area contributed by atoms with Crippen LogP contribution in [0.5, 0.6) is 5.75 Å². The second-order valence-corrected chi connectivity index (χ2v) is 8.27. The van der Waals surface area contributed by atoms with Gasteiger partial charge in [0.15, 0.2) is 0 Å². The van der Waals surface area contributed by atoms with Crippen LogP contribution in [0.1, 0.15) is 29.7 Å². The molecule has 0 radical (unpaired) electrons. The number of para-hydroxylation sites is 1. The van der Waals surface area contributed by atoms with Crippen LogP contribution in [0.15, 0.2) is 48.5 Å². The van der Waals surface area contributed by atoms with Gasteiger partial charge in [0.05, 0.1) is 12.6 Å². The SMILES string of the molecule is CC(=O)N1C[C@H]2CN(Cc3ccccc3OCCO)C[C@H]2[C@@H]1c1ccccc1C. The largest absolute Gasteiger partial charge is 0.491 e. The highest BCUT2D eigenvalue weighted by atomic mass is 16.5. The van der Waals surface area contributed by atoms with Crippen LogP contribution in [0.4, 0.5) is 0 Å². The minimum Gasteiger partial charge on any atom is -0.491 e. The highest BCUT2D eigenvalue weighted by Crippen LogP contribution is 2.46. The molecule has 29 heavy (non-hydrogen) atoms. The van der Waals surface area contributed by atoms with Gasteiger partial charge in [-0.25, -0.2) is 0 Å². The van der Waals surface area contributed by atoms with E-state index in [-0.39, 0.29) is 18.6 Å². The number of rotatable bonds is 6. The quantitative estimate of drug-likeness (QED) is 0.818. The number of aryl methyl sites for hydroxylation is 1. The number of aliphatic hydroxyl groups is 1. The predicted molar refractivity (Wildman–Crippen MR) is 113 cm³/mol. The van der Waals surface area contributed by atoms with Crippen LogP contribution in [0.3, 0.4) is 0 Å². The molecule has 0 unspecified atom stereocenters. The number of ether oxygens (including phenoxy) is 1. The number of aliphatic hydroxyl groups excluding tert-OH is 1. The van der Waals surface area contributed by atoms with Gasteiger partial charge in [-0.2, -0.15) is 0 Å². The van der Waals surface area contributed by atoms with Crippen LogP contribution >= 0.6 is 0 Å². The van der Waals surface area contributed by atoms with Gasteiger partial charge in [0.1, 0.15) is 12.4 Å².